The van der Waals surface area contributed by atoms with Crippen molar-refractivity contribution in [2.75, 3.05) is 13.2 Å². The van der Waals surface area contributed by atoms with E-state index in [1.165, 1.54) is 6.42 Å². The average molecular weight is 370 g/mol. The SMILES string of the molecule is Cc1cc(C)c2[nH]c(=O)c(CN(CCCO)C(=O)C3CCCCC3)cc2c1. The number of hydrogen-bond donors (Lipinski definition) is 2. The lowest BCUT2D eigenvalue weighted by Crippen LogP contribution is -2.38. The van der Waals surface area contributed by atoms with Crippen molar-refractivity contribution in [3.63, 3.8) is 0 Å². The Morgan fingerprint density at radius 2 is 1.93 bits per heavy atom. The van der Waals surface area contributed by atoms with Gasteiger partial charge in [0.15, 0.2) is 0 Å². The molecule has 0 bridgehead atoms. The maximum Gasteiger partial charge on any atom is 0.253 e. The molecule has 1 fully saturated rings. The topological polar surface area (TPSA) is 73.4 Å². The van der Waals surface area contributed by atoms with Crippen molar-refractivity contribution in [2.24, 2.45) is 5.92 Å². The van der Waals surface area contributed by atoms with Gasteiger partial charge in [-0.2, -0.15) is 0 Å². The summed E-state index contributed by atoms with van der Waals surface area (Å²) in [6.07, 6.45) is 5.78. The van der Waals surface area contributed by atoms with Crippen LogP contribution in [0.1, 0.15) is 55.2 Å². The molecule has 5 heteroatoms. The van der Waals surface area contributed by atoms with Gasteiger partial charge in [0.1, 0.15) is 0 Å². The highest BCUT2D eigenvalue weighted by Crippen LogP contribution is 2.26. The third-order valence-corrected chi connectivity index (χ3v) is 5.58. The number of amides is 1. The fourth-order valence-electron chi connectivity index (χ4n) is 4.19. The first-order valence-electron chi connectivity index (χ1n) is 10.0. The van der Waals surface area contributed by atoms with Gasteiger partial charge in [-0.05, 0) is 56.2 Å². The summed E-state index contributed by atoms with van der Waals surface area (Å²) in [6, 6.07) is 6.02. The van der Waals surface area contributed by atoms with E-state index in [9.17, 15) is 14.7 Å². The predicted octanol–water partition coefficient (Wildman–Crippen LogP) is 3.44. The Morgan fingerprint density at radius 1 is 1.19 bits per heavy atom. The lowest BCUT2D eigenvalue weighted by Gasteiger charge is -2.29. The first kappa shape index (κ1) is 19.6. The summed E-state index contributed by atoms with van der Waals surface area (Å²) in [4.78, 5) is 30.4. The van der Waals surface area contributed by atoms with Gasteiger partial charge in [-0.15, -0.1) is 0 Å². The third kappa shape index (κ3) is 4.59. The summed E-state index contributed by atoms with van der Waals surface area (Å²) >= 11 is 0. The number of carbonyl (C=O) groups is 1. The van der Waals surface area contributed by atoms with E-state index in [1.807, 2.05) is 19.9 Å². The number of benzene rings is 1. The lowest BCUT2D eigenvalue weighted by atomic mass is 9.88. The lowest BCUT2D eigenvalue weighted by molar-refractivity contribution is -0.137. The highest BCUT2D eigenvalue weighted by molar-refractivity contribution is 5.83. The number of aliphatic hydroxyl groups excluding tert-OH is 1. The Kier molecular flexibility index (Phi) is 6.32. The Labute approximate surface area is 160 Å². The molecule has 3 rings (SSSR count). The molecule has 0 atom stereocenters. The standard InChI is InChI=1S/C22H30N2O3/c1-15-11-16(2)20-18(12-15)13-19(21(26)23-20)14-24(9-6-10-25)22(27)17-7-4-3-5-8-17/h11-13,17,25H,3-10,14H2,1-2H3,(H,23,26). The first-order valence-corrected chi connectivity index (χ1v) is 10.0. The van der Waals surface area contributed by atoms with E-state index in [0.717, 1.165) is 47.7 Å². The summed E-state index contributed by atoms with van der Waals surface area (Å²) in [6.45, 7) is 4.85. The Balaban J connectivity index is 1.89. The van der Waals surface area contributed by atoms with Gasteiger partial charge in [0, 0.05) is 24.6 Å². The highest BCUT2D eigenvalue weighted by atomic mass is 16.3. The van der Waals surface area contributed by atoms with Crippen LogP contribution in [-0.2, 0) is 11.3 Å². The number of nitrogens with one attached hydrogen (secondary N) is 1. The maximum absolute atomic E-state index is 13.0. The van der Waals surface area contributed by atoms with Crippen molar-refractivity contribution in [3.05, 3.63) is 45.2 Å². The molecule has 0 aliphatic heterocycles. The molecule has 1 aromatic heterocycles. The zero-order chi connectivity index (χ0) is 19.4. The smallest absolute Gasteiger partial charge is 0.253 e. The number of aromatic amines is 1. The van der Waals surface area contributed by atoms with Gasteiger partial charge in [-0.1, -0.05) is 30.9 Å². The quantitative estimate of drug-likeness (QED) is 0.818. The fourth-order valence-corrected chi connectivity index (χ4v) is 4.19. The number of carbonyl (C=O) groups excluding carboxylic acids is 1. The number of H-pyrrole nitrogens is 1. The number of aryl methyl sites for hydroxylation is 2. The molecule has 0 spiro atoms. The van der Waals surface area contributed by atoms with E-state index in [1.54, 1.807) is 4.90 Å². The molecule has 146 valence electrons. The van der Waals surface area contributed by atoms with E-state index in [0.29, 0.717) is 25.1 Å². The minimum absolute atomic E-state index is 0.0426. The van der Waals surface area contributed by atoms with Crippen LogP contribution in [0.15, 0.2) is 23.0 Å². The van der Waals surface area contributed by atoms with Crippen molar-refractivity contribution in [2.45, 2.75) is 58.9 Å². The van der Waals surface area contributed by atoms with Crippen molar-refractivity contribution in [1.29, 1.82) is 0 Å². The second-order valence-corrected chi connectivity index (χ2v) is 7.84. The van der Waals surface area contributed by atoms with Crippen LogP contribution in [0.25, 0.3) is 10.9 Å². The van der Waals surface area contributed by atoms with E-state index in [4.69, 9.17) is 0 Å². The maximum atomic E-state index is 13.0. The van der Waals surface area contributed by atoms with Gasteiger partial charge in [0.2, 0.25) is 5.91 Å². The second-order valence-electron chi connectivity index (χ2n) is 7.84. The molecule has 0 radical (unpaired) electrons. The van der Waals surface area contributed by atoms with E-state index < -0.39 is 0 Å². The van der Waals surface area contributed by atoms with Crippen molar-refractivity contribution < 1.29 is 9.90 Å². The van der Waals surface area contributed by atoms with Crippen LogP contribution >= 0.6 is 0 Å². The zero-order valence-electron chi connectivity index (χ0n) is 16.4. The summed E-state index contributed by atoms with van der Waals surface area (Å²) in [7, 11) is 0. The molecule has 1 heterocycles. The van der Waals surface area contributed by atoms with Crippen molar-refractivity contribution in [3.8, 4) is 0 Å². The Hall–Kier alpha value is -2.14. The molecule has 1 aliphatic rings. The van der Waals surface area contributed by atoms with E-state index in [2.05, 4.69) is 17.1 Å². The highest BCUT2D eigenvalue weighted by Gasteiger charge is 2.26. The van der Waals surface area contributed by atoms with Crippen LogP contribution in [0.5, 0.6) is 0 Å². The number of rotatable bonds is 6. The summed E-state index contributed by atoms with van der Waals surface area (Å²) < 4.78 is 0. The predicted molar refractivity (Wildman–Crippen MR) is 108 cm³/mol. The minimum Gasteiger partial charge on any atom is -0.396 e. The molecular formula is C22H30N2O3. The molecular weight excluding hydrogens is 340 g/mol. The van der Waals surface area contributed by atoms with E-state index >= 15 is 0 Å². The summed E-state index contributed by atoms with van der Waals surface area (Å²) in [5.74, 6) is 0.185. The molecule has 27 heavy (non-hydrogen) atoms. The van der Waals surface area contributed by atoms with Gasteiger partial charge in [0.05, 0.1) is 12.1 Å². The number of nitrogens with zero attached hydrogens (tertiary/aromatic N) is 1. The molecule has 0 unspecified atom stereocenters. The molecule has 1 amide bonds. The zero-order valence-corrected chi connectivity index (χ0v) is 16.4. The molecule has 2 aromatic rings. The molecule has 2 N–H and O–H groups in total. The van der Waals surface area contributed by atoms with Crippen LogP contribution in [0.4, 0.5) is 0 Å². The molecule has 5 nitrogen and oxygen atoms in total. The number of fused-ring (bicyclic) bond motifs is 1. The van der Waals surface area contributed by atoms with E-state index in [-0.39, 0.29) is 24.0 Å². The third-order valence-electron chi connectivity index (χ3n) is 5.58. The minimum atomic E-state index is -0.139. The number of aromatic nitrogens is 1. The first-order chi connectivity index (χ1) is 13.0. The molecule has 1 aliphatic carbocycles. The van der Waals surface area contributed by atoms with Gasteiger partial charge in [-0.3, -0.25) is 9.59 Å². The van der Waals surface area contributed by atoms with Crippen LogP contribution in [0.2, 0.25) is 0 Å². The van der Waals surface area contributed by atoms with Gasteiger partial charge >= 0.3 is 0 Å². The largest absolute Gasteiger partial charge is 0.396 e. The number of pyridine rings is 1. The number of hydrogen-bond acceptors (Lipinski definition) is 3. The van der Waals surface area contributed by atoms with Crippen LogP contribution < -0.4 is 5.56 Å². The molecule has 0 saturated heterocycles. The van der Waals surface area contributed by atoms with Crippen LogP contribution in [0.3, 0.4) is 0 Å². The van der Waals surface area contributed by atoms with Gasteiger partial charge < -0.3 is 15.0 Å². The van der Waals surface area contributed by atoms with Gasteiger partial charge in [-0.25, -0.2) is 0 Å². The second kappa shape index (κ2) is 8.70. The van der Waals surface area contributed by atoms with Crippen LogP contribution in [-0.4, -0.2) is 34.0 Å². The van der Waals surface area contributed by atoms with Crippen molar-refractivity contribution in [1.82, 2.24) is 9.88 Å². The normalized spacial score (nSPS) is 15.2. The van der Waals surface area contributed by atoms with Crippen molar-refractivity contribution >= 4 is 16.8 Å². The van der Waals surface area contributed by atoms with Crippen LogP contribution in [0, 0.1) is 19.8 Å². The fraction of sp³-hybridized carbons (Fsp3) is 0.545. The monoisotopic (exact) mass is 370 g/mol. The molecule has 1 saturated carbocycles. The molecule has 1 aromatic carbocycles. The Bertz CT molecular complexity index is 866. The summed E-state index contributed by atoms with van der Waals surface area (Å²) in [5, 5.41) is 10.2. The average Bonchev–Trinajstić information content (AvgIpc) is 2.66. The Morgan fingerprint density at radius 3 is 2.63 bits per heavy atom. The van der Waals surface area contributed by atoms with Gasteiger partial charge in [0.25, 0.3) is 5.56 Å². The number of aliphatic hydroxyl groups is 1. The summed E-state index contributed by atoms with van der Waals surface area (Å²) in [5.41, 5.74) is 3.52.